The van der Waals surface area contributed by atoms with Gasteiger partial charge in [-0.3, -0.25) is 9.59 Å². The van der Waals surface area contributed by atoms with E-state index in [-0.39, 0.29) is 11.4 Å². The third kappa shape index (κ3) is 3.72. The standard InChI is InChI=1S/C19H32O3/c1-4-22-18(21)10-6-5-8-14(2)15-11-12-16-17(20)9-7-13-19(15,16)3/h14-16H,4-13H2,1-3H3/t14-,15+,16?,19+/m0/s1. The molecule has 0 N–H and O–H groups in total. The molecular weight excluding hydrogens is 276 g/mol. The van der Waals surface area contributed by atoms with Crippen molar-refractivity contribution in [1.29, 1.82) is 0 Å². The van der Waals surface area contributed by atoms with Gasteiger partial charge in [0, 0.05) is 18.8 Å². The number of fused-ring (bicyclic) bond motifs is 1. The summed E-state index contributed by atoms with van der Waals surface area (Å²) < 4.78 is 4.97. The van der Waals surface area contributed by atoms with Gasteiger partial charge in [-0.15, -0.1) is 0 Å². The van der Waals surface area contributed by atoms with E-state index in [1.54, 1.807) is 0 Å². The average molecular weight is 308 g/mol. The molecule has 0 aliphatic heterocycles. The van der Waals surface area contributed by atoms with Crippen LogP contribution in [0.3, 0.4) is 0 Å². The van der Waals surface area contributed by atoms with Gasteiger partial charge in [-0.2, -0.15) is 0 Å². The molecule has 0 aromatic heterocycles. The van der Waals surface area contributed by atoms with E-state index in [0.29, 0.717) is 36.6 Å². The van der Waals surface area contributed by atoms with Gasteiger partial charge in [0.1, 0.15) is 5.78 Å². The summed E-state index contributed by atoms with van der Waals surface area (Å²) in [5.74, 6) is 2.12. The molecule has 2 aliphatic carbocycles. The van der Waals surface area contributed by atoms with E-state index in [4.69, 9.17) is 4.74 Å². The monoisotopic (exact) mass is 308 g/mol. The molecule has 0 aromatic carbocycles. The zero-order valence-corrected chi connectivity index (χ0v) is 14.5. The molecule has 0 radical (unpaired) electrons. The maximum Gasteiger partial charge on any atom is 0.305 e. The van der Waals surface area contributed by atoms with E-state index in [9.17, 15) is 9.59 Å². The number of esters is 1. The molecule has 3 heteroatoms. The Kier molecular flexibility index (Phi) is 6.05. The van der Waals surface area contributed by atoms with Crippen molar-refractivity contribution in [2.24, 2.45) is 23.2 Å². The summed E-state index contributed by atoms with van der Waals surface area (Å²) in [6.45, 7) is 7.04. The highest BCUT2D eigenvalue weighted by atomic mass is 16.5. The number of carbonyl (C=O) groups is 2. The molecule has 1 unspecified atom stereocenters. The zero-order valence-electron chi connectivity index (χ0n) is 14.5. The first kappa shape index (κ1) is 17.5. The molecule has 2 fully saturated rings. The first-order valence-electron chi connectivity index (χ1n) is 9.17. The van der Waals surface area contributed by atoms with Gasteiger partial charge in [0.05, 0.1) is 6.61 Å². The molecule has 2 aliphatic rings. The van der Waals surface area contributed by atoms with E-state index in [0.717, 1.165) is 32.1 Å². The van der Waals surface area contributed by atoms with Gasteiger partial charge in [0.25, 0.3) is 0 Å². The van der Waals surface area contributed by atoms with Crippen LogP contribution in [-0.2, 0) is 14.3 Å². The molecule has 3 nitrogen and oxygen atoms in total. The summed E-state index contributed by atoms with van der Waals surface area (Å²) in [5, 5.41) is 0. The van der Waals surface area contributed by atoms with Gasteiger partial charge >= 0.3 is 5.97 Å². The Morgan fingerprint density at radius 1 is 1.36 bits per heavy atom. The molecule has 0 bridgehead atoms. The molecule has 2 saturated carbocycles. The minimum absolute atomic E-state index is 0.0686. The summed E-state index contributed by atoms with van der Waals surface area (Å²) in [6, 6.07) is 0. The third-order valence-electron chi connectivity index (χ3n) is 6.22. The Morgan fingerprint density at radius 2 is 2.14 bits per heavy atom. The normalized spacial score (nSPS) is 32.6. The minimum atomic E-state index is -0.0686. The fraction of sp³-hybridized carbons (Fsp3) is 0.895. The van der Waals surface area contributed by atoms with Crippen LogP contribution in [0.2, 0.25) is 0 Å². The van der Waals surface area contributed by atoms with Crippen LogP contribution in [0, 0.1) is 23.2 Å². The Hall–Kier alpha value is -0.860. The molecule has 4 atom stereocenters. The van der Waals surface area contributed by atoms with Gasteiger partial charge in [-0.1, -0.05) is 26.7 Å². The van der Waals surface area contributed by atoms with E-state index >= 15 is 0 Å². The Morgan fingerprint density at radius 3 is 2.86 bits per heavy atom. The molecule has 0 heterocycles. The van der Waals surface area contributed by atoms with Crippen molar-refractivity contribution in [2.75, 3.05) is 6.61 Å². The second kappa shape index (κ2) is 7.61. The second-order valence-corrected chi connectivity index (χ2v) is 7.59. The summed E-state index contributed by atoms with van der Waals surface area (Å²) in [4.78, 5) is 23.6. The highest BCUT2D eigenvalue weighted by Crippen LogP contribution is 2.57. The Bertz CT molecular complexity index is 403. The van der Waals surface area contributed by atoms with Crippen LogP contribution in [0.25, 0.3) is 0 Å². The van der Waals surface area contributed by atoms with Crippen molar-refractivity contribution in [3.63, 3.8) is 0 Å². The number of hydrogen-bond donors (Lipinski definition) is 0. The summed E-state index contributed by atoms with van der Waals surface area (Å²) in [5.41, 5.74) is 0.246. The average Bonchev–Trinajstić information content (AvgIpc) is 2.82. The lowest BCUT2D eigenvalue weighted by molar-refractivity contribution is -0.143. The maximum absolute atomic E-state index is 12.2. The Balaban J connectivity index is 1.79. The predicted molar refractivity (Wildman–Crippen MR) is 87.4 cm³/mol. The van der Waals surface area contributed by atoms with Gasteiger partial charge in [0.2, 0.25) is 0 Å². The van der Waals surface area contributed by atoms with Gasteiger partial charge in [-0.05, 0) is 56.3 Å². The van der Waals surface area contributed by atoms with Crippen molar-refractivity contribution >= 4 is 11.8 Å². The van der Waals surface area contributed by atoms with E-state index in [2.05, 4.69) is 13.8 Å². The molecule has 22 heavy (non-hydrogen) atoms. The minimum Gasteiger partial charge on any atom is -0.466 e. The van der Waals surface area contributed by atoms with Crippen LogP contribution < -0.4 is 0 Å². The second-order valence-electron chi connectivity index (χ2n) is 7.59. The fourth-order valence-corrected chi connectivity index (χ4v) is 5.07. The van der Waals surface area contributed by atoms with Gasteiger partial charge in [-0.25, -0.2) is 0 Å². The molecule has 2 rings (SSSR count). The lowest BCUT2D eigenvalue weighted by Gasteiger charge is -2.42. The van der Waals surface area contributed by atoms with Gasteiger partial charge < -0.3 is 4.74 Å². The number of Topliss-reactive ketones (excluding diaryl/α,β-unsaturated/α-hetero) is 1. The van der Waals surface area contributed by atoms with Crippen LogP contribution in [0.1, 0.15) is 78.6 Å². The number of rotatable bonds is 7. The van der Waals surface area contributed by atoms with Crippen LogP contribution in [0.5, 0.6) is 0 Å². The summed E-state index contributed by atoms with van der Waals surface area (Å²) in [6.07, 6.45) is 9.16. The number of carbonyl (C=O) groups excluding carboxylic acids is 2. The number of hydrogen-bond acceptors (Lipinski definition) is 3. The molecule has 0 spiro atoms. The number of unbranched alkanes of at least 4 members (excludes halogenated alkanes) is 1. The van der Waals surface area contributed by atoms with E-state index in [1.807, 2.05) is 6.92 Å². The largest absolute Gasteiger partial charge is 0.466 e. The molecular formula is C19H32O3. The first-order chi connectivity index (χ1) is 10.5. The highest BCUT2D eigenvalue weighted by Gasteiger charge is 2.52. The fourth-order valence-electron chi connectivity index (χ4n) is 5.07. The molecule has 0 saturated heterocycles. The van der Waals surface area contributed by atoms with Crippen LogP contribution in [0.4, 0.5) is 0 Å². The SMILES string of the molecule is CCOC(=O)CCCC[C@H](C)[C@H]1CCC2C(=O)CCC[C@@]21C. The molecule has 0 amide bonds. The lowest BCUT2D eigenvalue weighted by Crippen LogP contribution is -2.39. The zero-order chi connectivity index (χ0) is 16.2. The highest BCUT2D eigenvalue weighted by molar-refractivity contribution is 5.83. The van der Waals surface area contributed by atoms with Crippen molar-refractivity contribution in [3.8, 4) is 0 Å². The van der Waals surface area contributed by atoms with Crippen molar-refractivity contribution in [3.05, 3.63) is 0 Å². The first-order valence-corrected chi connectivity index (χ1v) is 9.17. The van der Waals surface area contributed by atoms with Crippen molar-refractivity contribution in [2.45, 2.75) is 78.6 Å². The van der Waals surface area contributed by atoms with E-state index in [1.165, 1.54) is 19.3 Å². The predicted octanol–water partition coefficient (Wildman–Crippen LogP) is 4.53. The van der Waals surface area contributed by atoms with Crippen LogP contribution in [-0.4, -0.2) is 18.4 Å². The van der Waals surface area contributed by atoms with Crippen LogP contribution in [0.15, 0.2) is 0 Å². The van der Waals surface area contributed by atoms with Crippen molar-refractivity contribution in [1.82, 2.24) is 0 Å². The summed E-state index contributed by atoms with van der Waals surface area (Å²) >= 11 is 0. The number of ketones is 1. The maximum atomic E-state index is 12.2. The summed E-state index contributed by atoms with van der Waals surface area (Å²) in [7, 11) is 0. The quantitative estimate of drug-likeness (QED) is 0.512. The number of ether oxygens (including phenoxy) is 1. The topological polar surface area (TPSA) is 43.4 Å². The van der Waals surface area contributed by atoms with Crippen LogP contribution >= 0.6 is 0 Å². The Labute approximate surface area is 135 Å². The van der Waals surface area contributed by atoms with Crippen molar-refractivity contribution < 1.29 is 14.3 Å². The lowest BCUT2D eigenvalue weighted by atomic mass is 9.62. The smallest absolute Gasteiger partial charge is 0.305 e. The molecule has 0 aromatic rings. The molecule has 126 valence electrons. The van der Waals surface area contributed by atoms with Gasteiger partial charge in [0.15, 0.2) is 0 Å². The third-order valence-corrected chi connectivity index (χ3v) is 6.22. The van der Waals surface area contributed by atoms with E-state index < -0.39 is 0 Å².